The van der Waals surface area contributed by atoms with E-state index in [1.54, 1.807) is 0 Å². The Morgan fingerprint density at radius 2 is 0.843 bits per heavy atom. The molecule has 0 bridgehead atoms. The van der Waals surface area contributed by atoms with Crippen molar-refractivity contribution in [3.63, 3.8) is 0 Å². The lowest BCUT2D eigenvalue weighted by atomic mass is 9.32. The van der Waals surface area contributed by atoms with Crippen LogP contribution in [0.15, 0.2) is 176 Å². The standard InChI is InChI=1S/C48H41BN2/c1-47(2,34-20-9-5-10-21-34)38-28-19-31-42-44(38)49-40-29-17-18-30-41(40)51(37-26-15-8-16-27-37)46-39(48(3,4)35-22-11-6-12-23-35)32-33-43(45(46)49)50(42)36-24-13-7-14-25-36/h5-33H,1-4H3. The molecule has 2 heterocycles. The second-order valence-corrected chi connectivity index (χ2v) is 14.9. The van der Waals surface area contributed by atoms with E-state index in [1.165, 1.54) is 61.4 Å². The van der Waals surface area contributed by atoms with Crippen LogP contribution >= 0.6 is 0 Å². The fourth-order valence-electron chi connectivity index (χ4n) is 8.78. The minimum absolute atomic E-state index is 0.0202. The largest absolute Gasteiger partial charge is 0.311 e. The number of hydrogen-bond acceptors (Lipinski definition) is 2. The zero-order valence-electron chi connectivity index (χ0n) is 29.7. The molecule has 3 heteroatoms. The average Bonchev–Trinajstić information content (AvgIpc) is 3.18. The number of benzene rings is 7. The number of rotatable bonds is 6. The van der Waals surface area contributed by atoms with Gasteiger partial charge in [-0.1, -0.05) is 161 Å². The van der Waals surface area contributed by atoms with Crippen LogP contribution in [-0.4, -0.2) is 6.71 Å². The highest BCUT2D eigenvalue weighted by molar-refractivity contribution is 7.00. The molecule has 0 aliphatic carbocycles. The third kappa shape index (κ3) is 4.79. The predicted octanol–water partition coefficient (Wildman–Crippen LogP) is 10.4. The van der Waals surface area contributed by atoms with Crippen molar-refractivity contribution < 1.29 is 0 Å². The zero-order valence-corrected chi connectivity index (χ0v) is 29.7. The van der Waals surface area contributed by atoms with E-state index in [-0.39, 0.29) is 17.5 Å². The molecule has 7 aromatic rings. The number of fused-ring (bicyclic) bond motifs is 4. The maximum Gasteiger partial charge on any atom is 0.252 e. The average molecular weight is 657 g/mol. The van der Waals surface area contributed by atoms with E-state index in [9.17, 15) is 0 Å². The maximum absolute atomic E-state index is 2.55. The number of hydrogen-bond donors (Lipinski definition) is 0. The van der Waals surface area contributed by atoms with Gasteiger partial charge in [-0.25, -0.2) is 0 Å². The van der Waals surface area contributed by atoms with Crippen LogP contribution in [0.1, 0.15) is 49.9 Å². The molecule has 9 rings (SSSR count). The van der Waals surface area contributed by atoms with E-state index in [2.05, 4.69) is 213 Å². The molecule has 0 fully saturated rings. The highest BCUT2D eigenvalue weighted by atomic mass is 15.2. The van der Waals surface area contributed by atoms with Gasteiger partial charge in [-0.15, -0.1) is 0 Å². The van der Waals surface area contributed by atoms with E-state index in [0.29, 0.717) is 0 Å². The Bertz CT molecular complexity index is 2370. The molecule has 7 aromatic carbocycles. The van der Waals surface area contributed by atoms with Crippen LogP contribution in [0.25, 0.3) is 0 Å². The molecule has 0 radical (unpaired) electrons. The van der Waals surface area contributed by atoms with Crippen LogP contribution in [-0.2, 0) is 10.8 Å². The summed E-state index contributed by atoms with van der Waals surface area (Å²) in [4.78, 5) is 5.06. The van der Waals surface area contributed by atoms with E-state index in [1.807, 2.05) is 0 Å². The normalized spacial score (nSPS) is 13.4. The summed E-state index contributed by atoms with van der Waals surface area (Å²) in [5.41, 5.74) is 16.1. The first-order valence-electron chi connectivity index (χ1n) is 18.1. The predicted molar refractivity (Wildman–Crippen MR) is 218 cm³/mol. The number of anilines is 6. The van der Waals surface area contributed by atoms with Crippen molar-refractivity contribution >= 4 is 57.2 Å². The molecule has 0 spiro atoms. The quantitative estimate of drug-likeness (QED) is 0.164. The lowest BCUT2D eigenvalue weighted by Gasteiger charge is -2.47. The summed E-state index contributed by atoms with van der Waals surface area (Å²) in [5.74, 6) is 0. The Kier molecular flexibility index (Phi) is 7.29. The molecular weight excluding hydrogens is 615 g/mol. The van der Waals surface area contributed by atoms with Crippen LogP contribution < -0.4 is 26.2 Å². The van der Waals surface area contributed by atoms with Gasteiger partial charge in [-0.05, 0) is 81.1 Å². The van der Waals surface area contributed by atoms with Gasteiger partial charge >= 0.3 is 0 Å². The summed E-state index contributed by atoms with van der Waals surface area (Å²) < 4.78 is 0. The van der Waals surface area contributed by atoms with E-state index < -0.39 is 0 Å². The van der Waals surface area contributed by atoms with Gasteiger partial charge in [0.15, 0.2) is 0 Å². The highest BCUT2D eigenvalue weighted by Crippen LogP contribution is 2.49. The second-order valence-electron chi connectivity index (χ2n) is 14.9. The second kappa shape index (κ2) is 11.9. The molecule has 0 saturated carbocycles. The Morgan fingerprint density at radius 3 is 1.45 bits per heavy atom. The minimum atomic E-state index is -0.282. The van der Waals surface area contributed by atoms with Gasteiger partial charge in [-0.3, -0.25) is 0 Å². The smallest absolute Gasteiger partial charge is 0.252 e. The molecule has 0 N–H and O–H groups in total. The molecular formula is C48H41BN2. The van der Waals surface area contributed by atoms with Crippen molar-refractivity contribution in [2.75, 3.05) is 9.80 Å². The summed E-state index contributed by atoms with van der Waals surface area (Å²) in [7, 11) is 0. The molecule has 0 atom stereocenters. The zero-order chi connectivity index (χ0) is 34.7. The van der Waals surface area contributed by atoms with E-state index >= 15 is 0 Å². The van der Waals surface area contributed by atoms with Crippen LogP contribution in [0.5, 0.6) is 0 Å². The summed E-state index contributed by atoms with van der Waals surface area (Å²) in [5, 5.41) is 0. The summed E-state index contributed by atoms with van der Waals surface area (Å²) in [6.45, 7) is 9.57. The third-order valence-corrected chi connectivity index (χ3v) is 11.4. The topological polar surface area (TPSA) is 6.48 Å². The maximum atomic E-state index is 2.55. The van der Waals surface area contributed by atoms with Gasteiger partial charge in [-0.2, -0.15) is 0 Å². The first-order chi connectivity index (χ1) is 24.9. The van der Waals surface area contributed by atoms with Crippen molar-refractivity contribution in [3.8, 4) is 0 Å². The van der Waals surface area contributed by atoms with Crippen LogP contribution in [0.3, 0.4) is 0 Å². The molecule has 0 aromatic heterocycles. The van der Waals surface area contributed by atoms with Crippen LogP contribution in [0, 0.1) is 0 Å². The van der Waals surface area contributed by atoms with Gasteiger partial charge in [0.1, 0.15) is 0 Å². The molecule has 2 aliphatic heterocycles. The van der Waals surface area contributed by atoms with E-state index in [0.717, 1.165) is 11.4 Å². The lowest BCUT2D eigenvalue weighted by Crippen LogP contribution is -2.63. The molecule has 2 nitrogen and oxygen atoms in total. The van der Waals surface area contributed by atoms with Crippen molar-refractivity contribution in [2.45, 2.75) is 38.5 Å². The SMILES string of the molecule is CC(C)(c1ccccc1)c1cccc2c1B1c3ccccc3N(c3ccccc3)c3c(C(C)(C)c4ccccc4)ccc(c31)N2c1ccccc1. The van der Waals surface area contributed by atoms with Crippen molar-refractivity contribution in [3.05, 3.63) is 198 Å². The Morgan fingerprint density at radius 1 is 0.373 bits per heavy atom. The van der Waals surface area contributed by atoms with Crippen molar-refractivity contribution in [1.82, 2.24) is 0 Å². The fourth-order valence-corrected chi connectivity index (χ4v) is 8.78. The number of nitrogens with zero attached hydrogens (tertiary/aromatic N) is 2. The Balaban J connectivity index is 1.44. The molecule has 246 valence electrons. The fraction of sp³-hybridized carbons (Fsp3) is 0.125. The monoisotopic (exact) mass is 656 g/mol. The Hall–Kier alpha value is -5.80. The molecule has 0 unspecified atom stereocenters. The minimum Gasteiger partial charge on any atom is -0.311 e. The summed E-state index contributed by atoms with van der Waals surface area (Å²) in [6.07, 6.45) is 0. The molecule has 0 amide bonds. The van der Waals surface area contributed by atoms with Crippen LogP contribution in [0.4, 0.5) is 34.1 Å². The summed E-state index contributed by atoms with van der Waals surface area (Å²) in [6, 6.07) is 64.8. The third-order valence-electron chi connectivity index (χ3n) is 11.4. The van der Waals surface area contributed by atoms with Gasteiger partial charge in [0.05, 0.1) is 0 Å². The van der Waals surface area contributed by atoms with Gasteiger partial charge in [0.2, 0.25) is 0 Å². The summed E-state index contributed by atoms with van der Waals surface area (Å²) >= 11 is 0. The molecule has 51 heavy (non-hydrogen) atoms. The highest BCUT2D eigenvalue weighted by Gasteiger charge is 2.47. The van der Waals surface area contributed by atoms with E-state index in [4.69, 9.17) is 0 Å². The van der Waals surface area contributed by atoms with Gasteiger partial charge < -0.3 is 9.80 Å². The first kappa shape index (κ1) is 31.2. The van der Waals surface area contributed by atoms with Gasteiger partial charge in [0, 0.05) is 45.0 Å². The first-order valence-corrected chi connectivity index (χ1v) is 18.1. The van der Waals surface area contributed by atoms with Crippen molar-refractivity contribution in [2.24, 2.45) is 0 Å². The lowest BCUT2D eigenvalue weighted by molar-refractivity contribution is 0.641. The number of para-hydroxylation sites is 3. The van der Waals surface area contributed by atoms with Crippen molar-refractivity contribution in [1.29, 1.82) is 0 Å². The van der Waals surface area contributed by atoms with Crippen LogP contribution in [0.2, 0.25) is 0 Å². The van der Waals surface area contributed by atoms with Gasteiger partial charge in [0.25, 0.3) is 6.71 Å². The molecule has 2 aliphatic rings. The molecule has 0 saturated heterocycles. The Labute approximate surface area is 302 Å².